The highest BCUT2D eigenvalue weighted by molar-refractivity contribution is 6.01. The van der Waals surface area contributed by atoms with Crippen molar-refractivity contribution in [1.82, 2.24) is 0 Å². The van der Waals surface area contributed by atoms with Gasteiger partial charge in [0.15, 0.2) is 5.60 Å². The lowest BCUT2D eigenvalue weighted by atomic mass is 9.97. The van der Waals surface area contributed by atoms with E-state index in [9.17, 15) is 0 Å². The van der Waals surface area contributed by atoms with Crippen molar-refractivity contribution >= 4 is 5.71 Å². The smallest absolute Gasteiger partial charge is 0.163 e. The molecule has 4 nitrogen and oxygen atoms in total. The number of methoxy groups -OCH3 is 1. The summed E-state index contributed by atoms with van der Waals surface area (Å²) < 4.78 is 5.08. The molecule has 0 saturated heterocycles. The predicted molar refractivity (Wildman–Crippen MR) is 60.7 cm³/mol. The van der Waals surface area contributed by atoms with E-state index >= 15 is 0 Å². The first-order chi connectivity index (χ1) is 7.67. The van der Waals surface area contributed by atoms with Crippen LogP contribution in [0.25, 0.3) is 0 Å². The van der Waals surface area contributed by atoms with E-state index in [0.717, 1.165) is 17.0 Å². The van der Waals surface area contributed by atoms with Crippen LogP contribution >= 0.6 is 0 Å². The van der Waals surface area contributed by atoms with Crippen LogP contribution in [-0.2, 0) is 4.84 Å². The molecular formula is C12H15NO3. The van der Waals surface area contributed by atoms with E-state index in [1.807, 2.05) is 31.2 Å². The number of hydrogen-bond donors (Lipinski definition) is 1. The van der Waals surface area contributed by atoms with Crippen LogP contribution in [-0.4, -0.2) is 30.1 Å². The molecule has 1 heterocycles. The lowest BCUT2D eigenvalue weighted by Gasteiger charge is -2.17. The molecule has 1 aliphatic rings. The third-order valence-corrected chi connectivity index (χ3v) is 2.68. The standard InChI is InChI=1S/C12H15NO3/c1-12(8-14)7-11(13-16-12)9-3-5-10(15-2)6-4-9/h3-6,14H,7-8H2,1-2H3. The fourth-order valence-corrected chi connectivity index (χ4v) is 1.61. The van der Waals surface area contributed by atoms with Crippen molar-refractivity contribution in [2.24, 2.45) is 5.16 Å². The molecule has 2 rings (SSSR count). The molecule has 0 bridgehead atoms. The maximum absolute atomic E-state index is 9.15. The van der Waals surface area contributed by atoms with Crippen LogP contribution in [0.2, 0.25) is 0 Å². The molecule has 86 valence electrons. The fraction of sp³-hybridized carbons (Fsp3) is 0.417. The molecule has 0 spiro atoms. The number of rotatable bonds is 3. The van der Waals surface area contributed by atoms with E-state index in [2.05, 4.69) is 5.16 Å². The van der Waals surface area contributed by atoms with Gasteiger partial charge in [-0.2, -0.15) is 0 Å². The van der Waals surface area contributed by atoms with E-state index in [4.69, 9.17) is 14.7 Å². The molecule has 1 aromatic rings. The zero-order valence-electron chi connectivity index (χ0n) is 9.43. The molecule has 0 fully saturated rings. The van der Waals surface area contributed by atoms with Gasteiger partial charge >= 0.3 is 0 Å². The van der Waals surface area contributed by atoms with E-state index in [1.165, 1.54) is 0 Å². The highest BCUT2D eigenvalue weighted by Crippen LogP contribution is 2.26. The first kappa shape index (κ1) is 11.0. The Labute approximate surface area is 94.5 Å². The SMILES string of the molecule is COc1ccc(C2=NOC(C)(CO)C2)cc1. The topological polar surface area (TPSA) is 51.0 Å². The first-order valence-electron chi connectivity index (χ1n) is 5.17. The summed E-state index contributed by atoms with van der Waals surface area (Å²) in [5.74, 6) is 0.813. The molecule has 16 heavy (non-hydrogen) atoms. The molecule has 1 atom stereocenters. The summed E-state index contributed by atoms with van der Waals surface area (Å²) in [6.07, 6.45) is 0.621. The van der Waals surface area contributed by atoms with Gasteiger partial charge in [0, 0.05) is 6.42 Å². The quantitative estimate of drug-likeness (QED) is 0.842. The average molecular weight is 221 g/mol. The fourth-order valence-electron chi connectivity index (χ4n) is 1.61. The second-order valence-electron chi connectivity index (χ2n) is 4.14. The van der Waals surface area contributed by atoms with Gasteiger partial charge in [-0.05, 0) is 36.8 Å². The number of benzene rings is 1. The van der Waals surface area contributed by atoms with Crippen molar-refractivity contribution in [3.63, 3.8) is 0 Å². The minimum atomic E-state index is -0.574. The zero-order valence-corrected chi connectivity index (χ0v) is 9.43. The minimum Gasteiger partial charge on any atom is -0.497 e. The third-order valence-electron chi connectivity index (χ3n) is 2.68. The Bertz CT molecular complexity index is 399. The molecular weight excluding hydrogens is 206 g/mol. The Hall–Kier alpha value is -1.55. The van der Waals surface area contributed by atoms with Gasteiger partial charge in [0.25, 0.3) is 0 Å². The molecule has 0 amide bonds. The minimum absolute atomic E-state index is 0.0316. The maximum Gasteiger partial charge on any atom is 0.163 e. The molecule has 1 aliphatic heterocycles. The predicted octanol–water partition coefficient (Wildman–Crippen LogP) is 1.57. The normalized spacial score (nSPS) is 23.8. The third kappa shape index (κ3) is 2.02. The Morgan fingerprint density at radius 2 is 2.12 bits per heavy atom. The van der Waals surface area contributed by atoms with Crippen LogP contribution < -0.4 is 4.74 Å². The van der Waals surface area contributed by atoms with Gasteiger partial charge in [-0.15, -0.1) is 0 Å². The average Bonchev–Trinajstić information content (AvgIpc) is 2.73. The van der Waals surface area contributed by atoms with E-state index in [-0.39, 0.29) is 6.61 Å². The summed E-state index contributed by atoms with van der Waals surface area (Å²) in [5.41, 5.74) is 1.28. The monoisotopic (exact) mass is 221 g/mol. The summed E-state index contributed by atoms with van der Waals surface area (Å²) in [4.78, 5) is 5.22. The lowest BCUT2D eigenvalue weighted by molar-refractivity contribution is -0.0428. The summed E-state index contributed by atoms with van der Waals surface area (Å²) in [6.45, 7) is 1.81. The van der Waals surface area contributed by atoms with Gasteiger partial charge in [0.2, 0.25) is 0 Å². The van der Waals surface area contributed by atoms with Crippen LogP contribution in [0.5, 0.6) is 5.75 Å². The summed E-state index contributed by atoms with van der Waals surface area (Å²) >= 11 is 0. The van der Waals surface area contributed by atoms with E-state index in [1.54, 1.807) is 7.11 Å². The summed E-state index contributed by atoms with van der Waals surface area (Å²) in [7, 11) is 1.63. The zero-order chi connectivity index (χ0) is 11.6. The Morgan fingerprint density at radius 3 is 2.62 bits per heavy atom. The number of hydrogen-bond acceptors (Lipinski definition) is 4. The van der Waals surface area contributed by atoms with Crippen LogP contribution in [0.1, 0.15) is 18.9 Å². The van der Waals surface area contributed by atoms with Gasteiger partial charge in [-0.3, -0.25) is 0 Å². The first-order valence-corrected chi connectivity index (χ1v) is 5.17. The van der Waals surface area contributed by atoms with Crippen molar-refractivity contribution in [2.45, 2.75) is 18.9 Å². The highest BCUT2D eigenvalue weighted by Gasteiger charge is 2.33. The molecule has 0 aromatic heterocycles. The number of nitrogens with zero attached hydrogens (tertiary/aromatic N) is 1. The second-order valence-corrected chi connectivity index (χ2v) is 4.14. The van der Waals surface area contributed by atoms with Crippen LogP contribution in [0, 0.1) is 0 Å². The number of oxime groups is 1. The number of aliphatic hydroxyl groups excluding tert-OH is 1. The molecule has 4 heteroatoms. The molecule has 1 aromatic carbocycles. The van der Waals surface area contributed by atoms with Crippen LogP contribution in [0.3, 0.4) is 0 Å². The summed E-state index contributed by atoms with van der Waals surface area (Å²) in [6, 6.07) is 7.63. The molecule has 0 aliphatic carbocycles. The van der Waals surface area contributed by atoms with Crippen molar-refractivity contribution < 1.29 is 14.7 Å². The second kappa shape index (κ2) is 4.14. The van der Waals surface area contributed by atoms with Crippen molar-refractivity contribution in [3.8, 4) is 5.75 Å². The van der Waals surface area contributed by atoms with Crippen molar-refractivity contribution in [2.75, 3.05) is 13.7 Å². The van der Waals surface area contributed by atoms with E-state index in [0.29, 0.717) is 6.42 Å². The van der Waals surface area contributed by atoms with Gasteiger partial charge in [-0.25, -0.2) is 0 Å². The van der Waals surface area contributed by atoms with Gasteiger partial charge in [-0.1, -0.05) is 5.16 Å². The van der Waals surface area contributed by atoms with Gasteiger partial charge < -0.3 is 14.7 Å². The van der Waals surface area contributed by atoms with Crippen LogP contribution in [0.15, 0.2) is 29.4 Å². The lowest BCUT2D eigenvalue weighted by Crippen LogP contribution is -2.29. The van der Waals surface area contributed by atoms with Gasteiger partial charge in [0.05, 0.1) is 19.4 Å². The number of ether oxygens (including phenoxy) is 1. The van der Waals surface area contributed by atoms with Crippen molar-refractivity contribution in [1.29, 1.82) is 0 Å². The number of aliphatic hydroxyl groups is 1. The Kier molecular flexibility index (Phi) is 2.83. The molecule has 0 radical (unpaired) electrons. The van der Waals surface area contributed by atoms with Crippen molar-refractivity contribution in [3.05, 3.63) is 29.8 Å². The molecule has 1 unspecified atom stereocenters. The van der Waals surface area contributed by atoms with Crippen LogP contribution in [0.4, 0.5) is 0 Å². The largest absolute Gasteiger partial charge is 0.497 e. The molecule has 1 N–H and O–H groups in total. The van der Waals surface area contributed by atoms with Gasteiger partial charge in [0.1, 0.15) is 5.75 Å². The Balaban J connectivity index is 2.14. The van der Waals surface area contributed by atoms with E-state index < -0.39 is 5.60 Å². The maximum atomic E-state index is 9.15. The Morgan fingerprint density at radius 1 is 1.44 bits per heavy atom. The highest BCUT2D eigenvalue weighted by atomic mass is 16.7. The summed E-state index contributed by atoms with van der Waals surface area (Å²) in [5, 5.41) is 13.2. The molecule has 0 saturated carbocycles.